The summed E-state index contributed by atoms with van der Waals surface area (Å²) in [5.41, 5.74) is 9.11. The van der Waals surface area contributed by atoms with Crippen molar-refractivity contribution in [1.29, 1.82) is 0 Å². The molecule has 0 fully saturated rings. The number of carbonyl (C=O) groups is 1. The Hall–Kier alpha value is -0.610. The van der Waals surface area contributed by atoms with Crippen molar-refractivity contribution in [1.82, 2.24) is 0 Å². The van der Waals surface area contributed by atoms with Crippen LogP contribution in [0.15, 0.2) is 0 Å². The molecule has 4 nitrogen and oxygen atoms in total. The number of carboxylic acids is 1. The zero-order valence-corrected chi connectivity index (χ0v) is 7.55. The monoisotopic (exact) mass is 174 g/mol. The molecule has 0 aliphatic carbocycles. The SMILES string of the molecule is CCCCCCC(N)(N)C(=O)O. The fourth-order valence-corrected chi connectivity index (χ4v) is 0.951. The molecule has 5 N–H and O–H groups in total. The molecule has 0 bridgehead atoms. The summed E-state index contributed by atoms with van der Waals surface area (Å²) in [6.45, 7) is 2.09. The van der Waals surface area contributed by atoms with Crippen LogP contribution in [0.5, 0.6) is 0 Å². The first-order valence-electron chi connectivity index (χ1n) is 4.32. The van der Waals surface area contributed by atoms with E-state index in [1.807, 2.05) is 0 Å². The highest BCUT2D eigenvalue weighted by Gasteiger charge is 2.27. The lowest BCUT2D eigenvalue weighted by molar-refractivity contribution is -0.143. The first-order chi connectivity index (χ1) is 5.50. The van der Waals surface area contributed by atoms with Crippen LogP contribution in [-0.4, -0.2) is 16.7 Å². The van der Waals surface area contributed by atoms with Crippen molar-refractivity contribution in [2.45, 2.75) is 44.7 Å². The molecule has 0 spiro atoms. The highest BCUT2D eigenvalue weighted by Crippen LogP contribution is 2.08. The predicted molar refractivity (Wildman–Crippen MR) is 47.5 cm³/mol. The number of rotatable bonds is 6. The molecule has 0 saturated heterocycles. The molecule has 0 unspecified atom stereocenters. The van der Waals surface area contributed by atoms with Crippen LogP contribution in [0.2, 0.25) is 0 Å². The van der Waals surface area contributed by atoms with Gasteiger partial charge in [-0.2, -0.15) is 0 Å². The average molecular weight is 174 g/mol. The van der Waals surface area contributed by atoms with Crippen molar-refractivity contribution in [2.24, 2.45) is 11.5 Å². The van der Waals surface area contributed by atoms with E-state index in [1.165, 1.54) is 0 Å². The van der Waals surface area contributed by atoms with Gasteiger partial charge in [-0.15, -0.1) is 0 Å². The fourth-order valence-electron chi connectivity index (χ4n) is 0.951. The predicted octanol–water partition coefficient (Wildman–Crippen LogP) is 0.655. The summed E-state index contributed by atoms with van der Waals surface area (Å²) in [4.78, 5) is 10.4. The van der Waals surface area contributed by atoms with E-state index in [4.69, 9.17) is 16.6 Å². The van der Waals surface area contributed by atoms with Crippen LogP contribution >= 0.6 is 0 Å². The van der Waals surface area contributed by atoms with E-state index in [1.54, 1.807) is 0 Å². The molecule has 12 heavy (non-hydrogen) atoms. The highest BCUT2D eigenvalue weighted by molar-refractivity contribution is 5.77. The maximum atomic E-state index is 10.4. The summed E-state index contributed by atoms with van der Waals surface area (Å²) in [5, 5.41) is 8.55. The normalized spacial score (nSPS) is 11.6. The minimum absolute atomic E-state index is 0.350. The molecule has 0 aliphatic rings. The van der Waals surface area contributed by atoms with Crippen LogP contribution in [0, 0.1) is 0 Å². The maximum Gasteiger partial charge on any atom is 0.338 e. The Morgan fingerprint density at radius 3 is 2.33 bits per heavy atom. The van der Waals surface area contributed by atoms with E-state index in [-0.39, 0.29) is 0 Å². The van der Waals surface area contributed by atoms with Crippen LogP contribution in [0.4, 0.5) is 0 Å². The van der Waals surface area contributed by atoms with E-state index in [2.05, 4.69) is 6.92 Å². The van der Waals surface area contributed by atoms with Crippen LogP contribution in [0.3, 0.4) is 0 Å². The lowest BCUT2D eigenvalue weighted by Gasteiger charge is -2.18. The van der Waals surface area contributed by atoms with Gasteiger partial charge in [-0.1, -0.05) is 26.2 Å². The van der Waals surface area contributed by atoms with Crippen LogP contribution < -0.4 is 11.5 Å². The van der Waals surface area contributed by atoms with Crippen molar-refractivity contribution < 1.29 is 9.90 Å². The molecule has 0 radical (unpaired) electrons. The van der Waals surface area contributed by atoms with Crippen molar-refractivity contribution in [3.63, 3.8) is 0 Å². The minimum atomic E-state index is -1.53. The van der Waals surface area contributed by atoms with Crippen molar-refractivity contribution in [2.75, 3.05) is 0 Å². The Labute approximate surface area is 72.9 Å². The first kappa shape index (κ1) is 11.4. The maximum absolute atomic E-state index is 10.4. The third-order valence-corrected chi connectivity index (χ3v) is 1.84. The Kier molecular flexibility index (Phi) is 4.85. The smallest absolute Gasteiger partial charge is 0.338 e. The van der Waals surface area contributed by atoms with Gasteiger partial charge in [0.1, 0.15) is 0 Å². The molecule has 0 aromatic heterocycles. The van der Waals surface area contributed by atoms with E-state index < -0.39 is 11.6 Å². The van der Waals surface area contributed by atoms with Gasteiger partial charge in [-0.3, -0.25) is 0 Å². The van der Waals surface area contributed by atoms with Gasteiger partial charge in [0.15, 0.2) is 5.66 Å². The third kappa shape index (κ3) is 4.31. The molecule has 0 heterocycles. The minimum Gasteiger partial charge on any atom is -0.479 e. The van der Waals surface area contributed by atoms with Crippen LogP contribution in [0.1, 0.15) is 39.0 Å². The zero-order chi connectivity index (χ0) is 9.61. The van der Waals surface area contributed by atoms with Gasteiger partial charge in [0, 0.05) is 0 Å². The van der Waals surface area contributed by atoms with Crippen molar-refractivity contribution in [3.05, 3.63) is 0 Å². The van der Waals surface area contributed by atoms with Gasteiger partial charge in [-0.05, 0) is 12.8 Å². The fraction of sp³-hybridized carbons (Fsp3) is 0.875. The van der Waals surface area contributed by atoms with E-state index in [0.29, 0.717) is 6.42 Å². The summed E-state index contributed by atoms with van der Waals surface area (Å²) in [7, 11) is 0. The molecular weight excluding hydrogens is 156 g/mol. The van der Waals surface area contributed by atoms with Gasteiger partial charge >= 0.3 is 5.97 Å². The topological polar surface area (TPSA) is 89.3 Å². The summed E-state index contributed by atoms with van der Waals surface area (Å²) >= 11 is 0. The number of unbranched alkanes of at least 4 members (excludes halogenated alkanes) is 3. The number of aliphatic carboxylic acids is 1. The van der Waals surface area contributed by atoms with Crippen LogP contribution in [-0.2, 0) is 4.79 Å². The second-order valence-electron chi connectivity index (χ2n) is 3.16. The molecule has 0 amide bonds. The van der Waals surface area contributed by atoms with Crippen molar-refractivity contribution in [3.8, 4) is 0 Å². The Bertz CT molecular complexity index is 146. The van der Waals surface area contributed by atoms with E-state index >= 15 is 0 Å². The average Bonchev–Trinajstić information content (AvgIpc) is 1.98. The van der Waals surface area contributed by atoms with Gasteiger partial charge in [0.2, 0.25) is 0 Å². The number of nitrogens with two attached hydrogens (primary N) is 2. The van der Waals surface area contributed by atoms with E-state index in [9.17, 15) is 4.79 Å². The largest absolute Gasteiger partial charge is 0.479 e. The Morgan fingerprint density at radius 2 is 1.92 bits per heavy atom. The molecule has 4 heteroatoms. The Morgan fingerprint density at radius 1 is 1.33 bits per heavy atom. The molecule has 0 aromatic rings. The lowest BCUT2D eigenvalue weighted by atomic mass is 10.0. The molecule has 0 saturated carbocycles. The standard InChI is InChI=1S/C8H18N2O2/c1-2-3-4-5-6-8(9,10)7(11)12/h2-6,9-10H2,1H3,(H,11,12). The quantitative estimate of drug-likeness (QED) is 0.407. The summed E-state index contributed by atoms with van der Waals surface area (Å²) in [5.74, 6) is -1.13. The molecule has 72 valence electrons. The summed E-state index contributed by atoms with van der Waals surface area (Å²) in [6.07, 6.45) is 4.36. The molecular formula is C8H18N2O2. The highest BCUT2D eigenvalue weighted by atomic mass is 16.4. The second kappa shape index (κ2) is 5.11. The van der Waals surface area contributed by atoms with E-state index in [0.717, 1.165) is 25.7 Å². The van der Waals surface area contributed by atoms with Gasteiger partial charge < -0.3 is 16.6 Å². The second-order valence-corrected chi connectivity index (χ2v) is 3.16. The van der Waals surface area contributed by atoms with Crippen molar-refractivity contribution >= 4 is 5.97 Å². The van der Waals surface area contributed by atoms with Gasteiger partial charge in [0.25, 0.3) is 0 Å². The Balaban J connectivity index is 3.54. The summed E-state index contributed by atoms with van der Waals surface area (Å²) < 4.78 is 0. The van der Waals surface area contributed by atoms with Crippen LogP contribution in [0.25, 0.3) is 0 Å². The number of hydrogen-bond donors (Lipinski definition) is 3. The first-order valence-corrected chi connectivity index (χ1v) is 4.32. The van der Waals surface area contributed by atoms with Gasteiger partial charge in [-0.25, -0.2) is 4.79 Å². The lowest BCUT2D eigenvalue weighted by Crippen LogP contribution is -2.56. The van der Waals surface area contributed by atoms with Gasteiger partial charge in [0.05, 0.1) is 0 Å². The summed E-state index contributed by atoms with van der Waals surface area (Å²) in [6, 6.07) is 0. The number of hydrogen-bond acceptors (Lipinski definition) is 3. The molecule has 0 aliphatic heterocycles. The molecule has 0 aromatic carbocycles. The molecule has 0 atom stereocenters. The molecule has 0 rings (SSSR count). The zero-order valence-electron chi connectivity index (χ0n) is 7.55. The number of carboxylic acid groups (broad SMARTS) is 1. The third-order valence-electron chi connectivity index (χ3n) is 1.84.